The van der Waals surface area contributed by atoms with Crippen LogP contribution in [0.4, 0.5) is 0 Å². The van der Waals surface area contributed by atoms with Crippen LogP contribution in [-0.2, 0) is 29.7 Å². The van der Waals surface area contributed by atoms with Gasteiger partial charge in [0.2, 0.25) is 0 Å². The number of hydrogen-bond donors (Lipinski definition) is 0. The molecule has 0 aliphatic heterocycles. The number of rotatable bonds is 3. The van der Waals surface area contributed by atoms with Crippen LogP contribution in [0.5, 0.6) is 0 Å². The van der Waals surface area contributed by atoms with Crippen molar-refractivity contribution >= 4 is 29.2 Å². The van der Waals surface area contributed by atoms with Crippen molar-refractivity contribution in [2.75, 3.05) is 13.1 Å². The maximum Gasteiger partial charge on any atom is 1.00 e. The summed E-state index contributed by atoms with van der Waals surface area (Å²) in [6, 6.07) is 0. The predicted molar refractivity (Wildman–Crippen MR) is 47.5 cm³/mol. The van der Waals surface area contributed by atoms with Gasteiger partial charge in [-0.15, -0.1) is 0 Å². The fourth-order valence-electron chi connectivity index (χ4n) is 0.648. The number of hydrogen-bond acceptors (Lipinski definition) is 2. The van der Waals surface area contributed by atoms with E-state index in [2.05, 4.69) is 13.8 Å². The van der Waals surface area contributed by atoms with E-state index in [-0.39, 0.29) is 17.1 Å². The molecule has 0 aromatic carbocycles. The second-order valence-electron chi connectivity index (χ2n) is 1.85. The second kappa shape index (κ2) is 7.73. The summed E-state index contributed by atoms with van der Waals surface area (Å²) in [6.07, 6.45) is 1.12. The van der Waals surface area contributed by atoms with Crippen LogP contribution in [0.15, 0.2) is 0 Å². The topological polar surface area (TPSA) is 3.24 Å². The van der Waals surface area contributed by atoms with E-state index in [0.29, 0.717) is 4.32 Å². The molecule has 0 aromatic rings. The van der Waals surface area contributed by atoms with E-state index in [4.69, 9.17) is 24.8 Å². The normalized spacial score (nSPS) is 8.20. The van der Waals surface area contributed by atoms with Gasteiger partial charge in [0.15, 0.2) is 0 Å². The predicted octanol–water partition coefficient (Wildman–Crippen LogP) is 1.55. The SMILES string of the molecule is CCCN(CC)C(=S)[S-].[Cu+]. The zero-order chi connectivity index (χ0) is 7.28. The number of thiocarbonyl (C=S) groups is 1. The Morgan fingerprint density at radius 1 is 1.50 bits per heavy atom. The van der Waals surface area contributed by atoms with Gasteiger partial charge in [-0.1, -0.05) is 11.2 Å². The van der Waals surface area contributed by atoms with Crippen LogP contribution in [0.3, 0.4) is 0 Å². The molecule has 0 aromatic heterocycles. The molecule has 0 unspecified atom stereocenters. The van der Waals surface area contributed by atoms with Crippen molar-refractivity contribution in [2.24, 2.45) is 0 Å². The average Bonchev–Trinajstić information content (AvgIpc) is 1.82. The molecule has 1 nitrogen and oxygen atoms in total. The zero-order valence-electron chi connectivity index (χ0n) is 6.19. The zero-order valence-corrected chi connectivity index (χ0v) is 8.76. The van der Waals surface area contributed by atoms with Gasteiger partial charge in [-0.3, -0.25) is 0 Å². The van der Waals surface area contributed by atoms with Gasteiger partial charge >= 0.3 is 17.1 Å². The van der Waals surface area contributed by atoms with Crippen molar-refractivity contribution in [1.82, 2.24) is 4.90 Å². The molecule has 0 heterocycles. The van der Waals surface area contributed by atoms with Crippen LogP contribution in [-0.4, -0.2) is 22.3 Å². The molecule has 0 aliphatic rings. The Labute approximate surface area is 84.4 Å². The molecule has 64 valence electrons. The van der Waals surface area contributed by atoms with E-state index in [1.165, 1.54) is 0 Å². The maximum absolute atomic E-state index is 4.82. The summed E-state index contributed by atoms with van der Waals surface area (Å²) >= 11 is 9.64. The molecule has 0 radical (unpaired) electrons. The standard InChI is InChI=1S/C6H13NS2.Cu/c1-3-5-7(4-2)6(8)9;/h3-5H2,1-2H3,(H,8,9);/q;+1/p-1. The fourth-order valence-corrected chi connectivity index (χ4v) is 1.09. The van der Waals surface area contributed by atoms with Gasteiger partial charge < -0.3 is 29.7 Å². The Bertz CT molecular complexity index is 97.7. The van der Waals surface area contributed by atoms with E-state index >= 15 is 0 Å². The van der Waals surface area contributed by atoms with E-state index in [1.54, 1.807) is 0 Å². The van der Waals surface area contributed by atoms with Crippen molar-refractivity contribution in [3.8, 4) is 0 Å². The first-order valence-corrected chi connectivity index (χ1v) is 4.00. The third-order valence-electron chi connectivity index (χ3n) is 1.13. The van der Waals surface area contributed by atoms with Crippen LogP contribution >= 0.6 is 12.2 Å². The molecule has 0 fully saturated rings. The van der Waals surface area contributed by atoms with Crippen LogP contribution in [0.1, 0.15) is 20.3 Å². The van der Waals surface area contributed by atoms with Gasteiger partial charge in [0.05, 0.1) is 0 Å². The minimum Gasteiger partial charge on any atom is -0.411 e. The van der Waals surface area contributed by atoms with Crippen molar-refractivity contribution in [3.05, 3.63) is 0 Å². The van der Waals surface area contributed by atoms with Crippen LogP contribution < -0.4 is 0 Å². The molecule has 0 saturated carbocycles. The molecular weight excluding hydrogens is 214 g/mol. The van der Waals surface area contributed by atoms with Crippen LogP contribution in [0.2, 0.25) is 0 Å². The van der Waals surface area contributed by atoms with Gasteiger partial charge in [-0.2, -0.15) is 0 Å². The van der Waals surface area contributed by atoms with Gasteiger partial charge in [-0.25, -0.2) is 0 Å². The Kier molecular flexibility index (Phi) is 10.2. The smallest absolute Gasteiger partial charge is 0.411 e. The van der Waals surface area contributed by atoms with E-state index in [0.717, 1.165) is 19.5 Å². The molecule has 0 rings (SSSR count). The van der Waals surface area contributed by atoms with Gasteiger partial charge in [0.1, 0.15) is 0 Å². The monoisotopic (exact) mass is 225 g/mol. The molecular formula is C6H12CuNS2. The fraction of sp³-hybridized carbons (Fsp3) is 0.833. The summed E-state index contributed by atoms with van der Waals surface area (Å²) in [5, 5.41) is 0. The third kappa shape index (κ3) is 5.42. The van der Waals surface area contributed by atoms with E-state index in [9.17, 15) is 0 Å². The molecule has 0 atom stereocenters. The first kappa shape index (κ1) is 13.2. The van der Waals surface area contributed by atoms with Gasteiger partial charge in [-0.05, 0) is 13.3 Å². The summed E-state index contributed by atoms with van der Waals surface area (Å²) in [5.74, 6) is 0. The second-order valence-corrected chi connectivity index (χ2v) is 2.88. The Hall–Kier alpha value is 0.629. The molecule has 0 amide bonds. The first-order chi connectivity index (χ1) is 4.22. The molecule has 4 heteroatoms. The van der Waals surface area contributed by atoms with Crippen molar-refractivity contribution in [1.29, 1.82) is 0 Å². The average molecular weight is 226 g/mol. The van der Waals surface area contributed by atoms with E-state index < -0.39 is 0 Å². The molecule has 0 bridgehead atoms. The molecule has 10 heavy (non-hydrogen) atoms. The van der Waals surface area contributed by atoms with Crippen molar-refractivity contribution in [3.63, 3.8) is 0 Å². The Morgan fingerprint density at radius 2 is 2.00 bits per heavy atom. The minimum absolute atomic E-state index is 0. The molecule has 0 N–H and O–H groups in total. The summed E-state index contributed by atoms with van der Waals surface area (Å²) in [6.45, 7) is 6.12. The summed E-state index contributed by atoms with van der Waals surface area (Å²) < 4.78 is 0.597. The number of nitrogens with zero attached hydrogens (tertiary/aromatic N) is 1. The van der Waals surface area contributed by atoms with Crippen LogP contribution in [0, 0.1) is 0 Å². The Balaban J connectivity index is 0. The first-order valence-electron chi connectivity index (χ1n) is 3.18. The van der Waals surface area contributed by atoms with Crippen LogP contribution in [0.25, 0.3) is 0 Å². The van der Waals surface area contributed by atoms with Crippen molar-refractivity contribution in [2.45, 2.75) is 20.3 Å². The van der Waals surface area contributed by atoms with E-state index in [1.807, 2.05) is 4.90 Å². The summed E-state index contributed by atoms with van der Waals surface area (Å²) in [4.78, 5) is 2.02. The Morgan fingerprint density at radius 3 is 2.10 bits per heavy atom. The van der Waals surface area contributed by atoms with Gasteiger partial charge in [0, 0.05) is 13.1 Å². The maximum atomic E-state index is 4.82. The minimum atomic E-state index is 0. The molecule has 0 saturated heterocycles. The summed E-state index contributed by atoms with van der Waals surface area (Å²) in [5.41, 5.74) is 0. The quantitative estimate of drug-likeness (QED) is 0.408. The third-order valence-corrected chi connectivity index (χ3v) is 1.65. The largest absolute Gasteiger partial charge is 1.00 e. The molecule has 0 aliphatic carbocycles. The van der Waals surface area contributed by atoms with Gasteiger partial charge in [0.25, 0.3) is 0 Å². The molecule has 0 spiro atoms. The summed E-state index contributed by atoms with van der Waals surface area (Å²) in [7, 11) is 0. The van der Waals surface area contributed by atoms with Crippen molar-refractivity contribution < 1.29 is 17.1 Å².